The minimum Gasteiger partial charge on any atom is -0.103 e. The van der Waals surface area contributed by atoms with E-state index in [4.69, 9.17) is 0 Å². The van der Waals surface area contributed by atoms with Crippen LogP contribution in [0.3, 0.4) is 0 Å². The van der Waals surface area contributed by atoms with Crippen molar-refractivity contribution in [1.29, 1.82) is 0 Å². The lowest BCUT2D eigenvalue weighted by Gasteiger charge is -2.21. The predicted molar refractivity (Wildman–Crippen MR) is 68.9 cm³/mol. The smallest absolute Gasteiger partial charge is 0.0259 e. The molecular formula is C15H26. The summed E-state index contributed by atoms with van der Waals surface area (Å²) in [5.41, 5.74) is 1.72. The van der Waals surface area contributed by atoms with Gasteiger partial charge in [0.1, 0.15) is 0 Å². The highest BCUT2D eigenvalue weighted by Crippen LogP contribution is 2.29. The van der Waals surface area contributed by atoms with Crippen molar-refractivity contribution in [1.82, 2.24) is 0 Å². The van der Waals surface area contributed by atoms with Gasteiger partial charge >= 0.3 is 0 Å². The van der Waals surface area contributed by atoms with Crippen LogP contribution in [0, 0.1) is 11.8 Å². The summed E-state index contributed by atoms with van der Waals surface area (Å²) in [7, 11) is 0. The summed E-state index contributed by atoms with van der Waals surface area (Å²) in [5, 5.41) is 0. The summed E-state index contributed by atoms with van der Waals surface area (Å²) in [4.78, 5) is 0. The normalized spacial score (nSPS) is 23.6. The summed E-state index contributed by atoms with van der Waals surface area (Å²) < 4.78 is 0. The molecule has 0 aromatic carbocycles. The van der Waals surface area contributed by atoms with Crippen LogP contribution in [0.25, 0.3) is 0 Å². The van der Waals surface area contributed by atoms with Crippen molar-refractivity contribution in [2.75, 3.05) is 0 Å². The molecule has 1 saturated carbocycles. The summed E-state index contributed by atoms with van der Waals surface area (Å²) in [6.07, 6.45) is 13.9. The average Bonchev–Trinajstić information content (AvgIpc) is 2.22. The molecule has 0 nitrogen and oxygen atoms in total. The SMILES string of the molecule is C=CCCCC(C)C=C1CCC(C)CC1. The zero-order valence-corrected chi connectivity index (χ0v) is 10.5. The number of rotatable bonds is 5. The number of hydrogen-bond donors (Lipinski definition) is 0. The molecule has 1 fully saturated rings. The highest BCUT2D eigenvalue weighted by molar-refractivity contribution is 5.06. The first kappa shape index (κ1) is 12.5. The van der Waals surface area contributed by atoms with Crippen molar-refractivity contribution in [3.05, 3.63) is 24.3 Å². The largest absolute Gasteiger partial charge is 0.103 e. The Balaban J connectivity index is 2.25. The first-order chi connectivity index (χ1) is 7.22. The van der Waals surface area contributed by atoms with Crippen molar-refractivity contribution in [3.8, 4) is 0 Å². The van der Waals surface area contributed by atoms with Gasteiger partial charge in [-0.15, -0.1) is 6.58 Å². The third-order valence-corrected chi connectivity index (χ3v) is 3.50. The number of allylic oxidation sites excluding steroid dienone is 3. The molecule has 15 heavy (non-hydrogen) atoms. The lowest BCUT2D eigenvalue weighted by atomic mass is 9.85. The first-order valence-electron chi connectivity index (χ1n) is 6.53. The van der Waals surface area contributed by atoms with E-state index in [1.807, 2.05) is 6.08 Å². The van der Waals surface area contributed by atoms with Crippen molar-refractivity contribution in [3.63, 3.8) is 0 Å². The fourth-order valence-electron chi connectivity index (χ4n) is 2.37. The highest BCUT2D eigenvalue weighted by atomic mass is 14.2. The van der Waals surface area contributed by atoms with E-state index in [9.17, 15) is 0 Å². The van der Waals surface area contributed by atoms with Crippen LogP contribution in [0.1, 0.15) is 58.8 Å². The monoisotopic (exact) mass is 206 g/mol. The number of hydrogen-bond acceptors (Lipinski definition) is 0. The van der Waals surface area contributed by atoms with Gasteiger partial charge in [-0.25, -0.2) is 0 Å². The molecule has 0 heteroatoms. The first-order valence-corrected chi connectivity index (χ1v) is 6.53. The van der Waals surface area contributed by atoms with E-state index in [1.54, 1.807) is 5.57 Å². The Morgan fingerprint density at radius 3 is 2.67 bits per heavy atom. The van der Waals surface area contributed by atoms with Crippen LogP contribution in [-0.4, -0.2) is 0 Å². The number of unbranched alkanes of at least 4 members (excludes halogenated alkanes) is 1. The van der Waals surface area contributed by atoms with Crippen LogP contribution in [0.4, 0.5) is 0 Å². The Labute approximate surface area is 95.5 Å². The molecule has 0 amide bonds. The maximum Gasteiger partial charge on any atom is -0.0259 e. The molecule has 0 N–H and O–H groups in total. The Morgan fingerprint density at radius 2 is 2.07 bits per heavy atom. The second kappa shape index (κ2) is 6.87. The van der Waals surface area contributed by atoms with E-state index in [0.29, 0.717) is 0 Å². The Morgan fingerprint density at radius 1 is 1.40 bits per heavy atom. The summed E-state index contributed by atoms with van der Waals surface area (Å²) in [5.74, 6) is 1.73. The van der Waals surface area contributed by atoms with Gasteiger partial charge in [-0.2, -0.15) is 0 Å². The fourth-order valence-corrected chi connectivity index (χ4v) is 2.37. The maximum absolute atomic E-state index is 3.77. The van der Waals surface area contributed by atoms with Gasteiger partial charge in [-0.05, 0) is 56.8 Å². The second-order valence-corrected chi connectivity index (χ2v) is 5.20. The van der Waals surface area contributed by atoms with E-state index in [0.717, 1.165) is 11.8 Å². The van der Waals surface area contributed by atoms with Gasteiger partial charge in [0.15, 0.2) is 0 Å². The van der Waals surface area contributed by atoms with E-state index < -0.39 is 0 Å². The maximum atomic E-state index is 3.77. The predicted octanol–water partition coefficient (Wildman–Crippen LogP) is 5.12. The zero-order chi connectivity index (χ0) is 11.1. The van der Waals surface area contributed by atoms with Crippen LogP contribution in [-0.2, 0) is 0 Å². The molecule has 86 valence electrons. The lowest BCUT2D eigenvalue weighted by Crippen LogP contribution is -2.05. The van der Waals surface area contributed by atoms with Gasteiger partial charge in [0.2, 0.25) is 0 Å². The standard InChI is InChI=1S/C15H26/c1-4-5-6-7-14(3)12-15-10-8-13(2)9-11-15/h4,12-14H,1,5-11H2,2-3H3. The molecule has 0 aromatic rings. The topological polar surface area (TPSA) is 0 Å². The Kier molecular flexibility index (Phi) is 5.75. The van der Waals surface area contributed by atoms with Crippen LogP contribution in [0.15, 0.2) is 24.3 Å². The van der Waals surface area contributed by atoms with E-state index >= 15 is 0 Å². The quantitative estimate of drug-likeness (QED) is 0.433. The molecule has 0 aromatic heterocycles. The third-order valence-electron chi connectivity index (χ3n) is 3.50. The minimum atomic E-state index is 0.772. The summed E-state index contributed by atoms with van der Waals surface area (Å²) >= 11 is 0. The fraction of sp³-hybridized carbons (Fsp3) is 0.733. The molecule has 1 atom stereocenters. The molecule has 0 heterocycles. The van der Waals surface area contributed by atoms with E-state index in [-0.39, 0.29) is 0 Å². The molecule has 0 spiro atoms. The lowest BCUT2D eigenvalue weighted by molar-refractivity contribution is 0.439. The summed E-state index contributed by atoms with van der Waals surface area (Å²) in [6, 6.07) is 0. The van der Waals surface area contributed by atoms with Crippen molar-refractivity contribution in [2.45, 2.75) is 58.8 Å². The zero-order valence-electron chi connectivity index (χ0n) is 10.5. The molecule has 1 unspecified atom stereocenters. The Bertz CT molecular complexity index is 202. The van der Waals surface area contributed by atoms with Gasteiger partial charge in [-0.3, -0.25) is 0 Å². The molecule has 1 rings (SSSR count). The van der Waals surface area contributed by atoms with Crippen molar-refractivity contribution >= 4 is 0 Å². The molecule has 1 aliphatic rings. The summed E-state index contributed by atoms with van der Waals surface area (Å²) in [6.45, 7) is 8.50. The molecule has 0 saturated heterocycles. The second-order valence-electron chi connectivity index (χ2n) is 5.20. The van der Waals surface area contributed by atoms with Crippen LogP contribution >= 0.6 is 0 Å². The van der Waals surface area contributed by atoms with Gasteiger partial charge in [0, 0.05) is 0 Å². The van der Waals surface area contributed by atoms with Gasteiger partial charge in [-0.1, -0.05) is 31.6 Å². The molecule has 0 radical (unpaired) electrons. The van der Waals surface area contributed by atoms with Crippen LogP contribution < -0.4 is 0 Å². The molecule has 1 aliphatic carbocycles. The van der Waals surface area contributed by atoms with Gasteiger partial charge in [0.05, 0.1) is 0 Å². The average molecular weight is 206 g/mol. The van der Waals surface area contributed by atoms with Crippen molar-refractivity contribution < 1.29 is 0 Å². The Hall–Kier alpha value is -0.520. The minimum absolute atomic E-state index is 0.772. The third kappa shape index (κ3) is 5.20. The van der Waals surface area contributed by atoms with Gasteiger partial charge < -0.3 is 0 Å². The van der Waals surface area contributed by atoms with E-state index in [1.165, 1.54) is 44.9 Å². The van der Waals surface area contributed by atoms with Crippen molar-refractivity contribution in [2.24, 2.45) is 11.8 Å². The van der Waals surface area contributed by atoms with Gasteiger partial charge in [0.25, 0.3) is 0 Å². The van der Waals surface area contributed by atoms with Crippen LogP contribution in [0.5, 0.6) is 0 Å². The highest BCUT2D eigenvalue weighted by Gasteiger charge is 2.12. The van der Waals surface area contributed by atoms with E-state index in [2.05, 4.69) is 26.5 Å². The van der Waals surface area contributed by atoms with Crippen LogP contribution in [0.2, 0.25) is 0 Å². The molecular weight excluding hydrogens is 180 g/mol. The molecule has 0 aliphatic heterocycles. The molecule has 0 bridgehead atoms.